The summed E-state index contributed by atoms with van der Waals surface area (Å²) in [6, 6.07) is 19.6. The van der Waals surface area contributed by atoms with Gasteiger partial charge in [-0.1, -0.05) is 81.7 Å². The van der Waals surface area contributed by atoms with Crippen LogP contribution in [0.5, 0.6) is 5.75 Å². The number of ketones is 1. The molecule has 0 spiro atoms. The summed E-state index contributed by atoms with van der Waals surface area (Å²) in [6.45, 7) is 4.17. The van der Waals surface area contributed by atoms with Gasteiger partial charge in [0.2, 0.25) is 0 Å². The first-order chi connectivity index (χ1) is 17.0. The number of halogens is 1. The van der Waals surface area contributed by atoms with Crippen LogP contribution in [0.25, 0.3) is 0 Å². The molecule has 0 aromatic heterocycles. The minimum atomic E-state index is -0.413. The number of ether oxygens (including phenoxy) is 1. The first-order valence-corrected chi connectivity index (χ1v) is 13.1. The lowest BCUT2D eigenvalue weighted by molar-refractivity contribution is 0.0734. The molecule has 3 aromatic rings. The molecule has 0 saturated heterocycles. The van der Waals surface area contributed by atoms with Gasteiger partial charge in [-0.2, -0.15) is 0 Å². The van der Waals surface area contributed by atoms with Crippen molar-refractivity contribution in [2.45, 2.75) is 71.6 Å². The van der Waals surface area contributed by atoms with Crippen LogP contribution < -0.4 is 4.74 Å². The van der Waals surface area contributed by atoms with Crippen LogP contribution in [0, 0.1) is 6.92 Å². The van der Waals surface area contributed by atoms with Crippen LogP contribution in [0.4, 0.5) is 0 Å². The lowest BCUT2D eigenvalue weighted by Gasteiger charge is -2.08. The molecule has 0 heterocycles. The molecule has 3 aromatic carbocycles. The summed E-state index contributed by atoms with van der Waals surface area (Å²) >= 11 is 6.23. The first-order valence-electron chi connectivity index (χ1n) is 12.7. The summed E-state index contributed by atoms with van der Waals surface area (Å²) < 4.78 is 5.50. The topological polar surface area (TPSA) is 43.4 Å². The van der Waals surface area contributed by atoms with Crippen LogP contribution in [0.15, 0.2) is 66.7 Å². The maximum atomic E-state index is 12.7. The van der Waals surface area contributed by atoms with Gasteiger partial charge in [0.25, 0.3) is 0 Å². The van der Waals surface area contributed by atoms with Gasteiger partial charge in [0.1, 0.15) is 5.75 Å². The van der Waals surface area contributed by atoms with Gasteiger partial charge in [0.05, 0.1) is 10.6 Å². The van der Waals surface area contributed by atoms with E-state index in [4.69, 9.17) is 16.3 Å². The predicted octanol–water partition coefficient (Wildman–Crippen LogP) is 8.78. The fourth-order valence-corrected chi connectivity index (χ4v) is 4.39. The van der Waals surface area contributed by atoms with Crippen molar-refractivity contribution in [2.75, 3.05) is 0 Å². The molecule has 0 aliphatic rings. The predicted molar refractivity (Wildman–Crippen MR) is 144 cm³/mol. The van der Waals surface area contributed by atoms with Crippen molar-refractivity contribution in [2.24, 2.45) is 0 Å². The summed E-state index contributed by atoms with van der Waals surface area (Å²) in [6.07, 6.45) is 11.5. The summed E-state index contributed by atoms with van der Waals surface area (Å²) in [4.78, 5) is 25.3. The Morgan fingerprint density at radius 3 is 1.97 bits per heavy atom. The third-order valence-corrected chi connectivity index (χ3v) is 6.52. The number of unbranched alkanes of at least 4 members (excludes halogenated alkanes) is 7. The second-order valence-corrected chi connectivity index (χ2v) is 9.56. The minimum absolute atomic E-state index is 0.167. The molecule has 3 rings (SSSR count). The molecule has 3 nitrogen and oxygen atoms in total. The molecule has 35 heavy (non-hydrogen) atoms. The van der Waals surface area contributed by atoms with Crippen molar-refractivity contribution >= 4 is 23.4 Å². The van der Waals surface area contributed by atoms with Crippen LogP contribution in [-0.2, 0) is 6.42 Å². The van der Waals surface area contributed by atoms with Crippen molar-refractivity contribution in [1.82, 2.24) is 0 Å². The Morgan fingerprint density at radius 2 is 1.34 bits per heavy atom. The number of carbonyl (C=O) groups is 2. The molecule has 0 fully saturated rings. The molecule has 0 aliphatic carbocycles. The second-order valence-electron chi connectivity index (χ2n) is 9.15. The summed E-state index contributed by atoms with van der Waals surface area (Å²) in [7, 11) is 0. The van der Waals surface area contributed by atoms with Crippen LogP contribution in [0.3, 0.4) is 0 Å². The van der Waals surface area contributed by atoms with Crippen LogP contribution in [0.2, 0.25) is 5.02 Å². The molecular formula is C31H35ClO3. The number of aryl methyl sites for hydroxylation is 2. The average molecular weight is 491 g/mol. The molecule has 184 valence electrons. The monoisotopic (exact) mass is 490 g/mol. The number of hydrogen-bond donors (Lipinski definition) is 0. The van der Waals surface area contributed by atoms with E-state index in [1.165, 1.54) is 56.9 Å². The summed E-state index contributed by atoms with van der Waals surface area (Å²) in [5.74, 6) is -0.186. The maximum absolute atomic E-state index is 12.7. The number of esters is 1. The number of rotatable bonds is 13. The molecule has 4 heteroatoms. The Hall–Kier alpha value is -2.91. The largest absolute Gasteiger partial charge is 0.423 e. The van der Waals surface area contributed by atoms with Gasteiger partial charge in [-0.15, -0.1) is 0 Å². The van der Waals surface area contributed by atoms with Gasteiger partial charge in [-0.25, -0.2) is 4.79 Å². The highest BCUT2D eigenvalue weighted by Gasteiger charge is 2.14. The van der Waals surface area contributed by atoms with Gasteiger partial charge >= 0.3 is 5.97 Å². The zero-order valence-electron chi connectivity index (χ0n) is 20.8. The van der Waals surface area contributed by atoms with E-state index in [1.54, 1.807) is 36.4 Å². The standard InChI is InChI=1S/C31H35ClO3/c1-3-4-5-6-7-8-9-10-11-24-13-15-26(16-14-24)31(34)35-27-19-17-25(18-20-27)30(33)28-21-12-23(2)22-29(28)32/h12-22H,3-11H2,1-2H3. The van der Waals surface area contributed by atoms with Crippen molar-refractivity contribution in [1.29, 1.82) is 0 Å². The molecular weight excluding hydrogens is 456 g/mol. The smallest absolute Gasteiger partial charge is 0.343 e. The van der Waals surface area contributed by atoms with E-state index in [0.717, 1.165) is 12.0 Å². The highest BCUT2D eigenvalue weighted by atomic mass is 35.5. The van der Waals surface area contributed by atoms with Crippen molar-refractivity contribution in [3.8, 4) is 5.75 Å². The van der Waals surface area contributed by atoms with Gasteiger partial charge in [0, 0.05) is 11.1 Å². The third-order valence-electron chi connectivity index (χ3n) is 6.20. The van der Waals surface area contributed by atoms with Gasteiger partial charge in [-0.3, -0.25) is 4.79 Å². The quantitative estimate of drug-likeness (QED) is 0.104. The third kappa shape index (κ3) is 8.36. The first kappa shape index (κ1) is 26.7. The van der Waals surface area contributed by atoms with E-state index in [9.17, 15) is 9.59 Å². The molecule has 0 bridgehead atoms. The highest BCUT2D eigenvalue weighted by molar-refractivity contribution is 6.35. The van der Waals surface area contributed by atoms with Gasteiger partial charge < -0.3 is 4.74 Å². The number of benzene rings is 3. The average Bonchev–Trinajstić information content (AvgIpc) is 2.86. The van der Waals surface area contributed by atoms with E-state index >= 15 is 0 Å². The maximum Gasteiger partial charge on any atom is 0.343 e. The molecule has 0 radical (unpaired) electrons. The Labute approximate surface area is 214 Å². The normalized spacial score (nSPS) is 10.8. The molecule has 0 aliphatic heterocycles. The van der Waals surface area contributed by atoms with Gasteiger partial charge in [0.15, 0.2) is 5.78 Å². The molecule has 0 N–H and O–H groups in total. The fourth-order valence-electron chi connectivity index (χ4n) is 4.07. The van der Waals surface area contributed by atoms with Gasteiger partial charge in [-0.05, 0) is 79.4 Å². The Kier molecular flexibility index (Phi) is 10.6. The van der Waals surface area contributed by atoms with E-state index < -0.39 is 5.97 Å². The molecule has 0 unspecified atom stereocenters. The summed E-state index contributed by atoms with van der Waals surface area (Å²) in [5, 5.41) is 0.427. The van der Waals surface area contributed by atoms with Crippen LogP contribution in [0.1, 0.15) is 95.7 Å². The Morgan fingerprint density at radius 1 is 0.743 bits per heavy atom. The van der Waals surface area contributed by atoms with Crippen molar-refractivity contribution in [3.05, 3.63) is 99.6 Å². The lowest BCUT2D eigenvalue weighted by Crippen LogP contribution is -2.09. The van der Waals surface area contributed by atoms with E-state index in [2.05, 4.69) is 6.92 Å². The second kappa shape index (κ2) is 13.8. The van der Waals surface area contributed by atoms with E-state index in [1.807, 2.05) is 37.3 Å². The van der Waals surface area contributed by atoms with Crippen molar-refractivity contribution in [3.63, 3.8) is 0 Å². The van der Waals surface area contributed by atoms with Crippen molar-refractivity contribution < 1.29 is 14.3 Å². The Balaban J connectivity index is 1.46. The van der Waals surface area contributed by atoms with E-state index in [-0.39, 0.29) is 5.78 Å². The van der Waals surface area contributed by atoms with Crippen LogP contribution in [-0.4, -0.2) is 11.8 Å². The Bertz CT molecular complexity index is 1100. The zero-order valence-corrected chi connectivity index (χ0v) is 21.6. The number of carbonyl (C=O) groups excluding carboxylic acids is 2. The number of hydrogen-bond acceptors (Lipinski definition) is 3. The molecule has 0 atom stereocenters. The summed E-state index contributed by atoms with van der Waals surface area (Å²) in [5.41, 5.74) is 3.69. The zero-order chi connectivity index (χ0) is 25.0. The van der Waals surface area contributed by atoms with E-state index in [0.29, 0.717) is 27.5 Å². The molecule has 0 saturated carbocycles. The lowest BCUT2D eigenvalue weighted by atomic mass is 10.0. The fraction of sp³-hybridized carbons (Fsp3) is 0.355. The molecule has 0 amide bonds. The van der Waals surface area contributed by atoms with Crippen LogP contribution >= 0.6 is 11.6 Å². The minimum Gasteiger partial charge on any atom is -0.423 e. The SMILES string of the molecule is CCCCCCCCCCc1ccc(C(=O)Oc2ccc(C(=O)c3ccc(C)cc3Cl)cc2)cc1. The highest BCUT2D eigenvalue weighted by Crippen LogP contribution is 2.23.